The molecule has 0 radical (unpaired) electrons. The van der Waals surface area contributed by atoms with Crippen molar-refractivity contribution in [1.29, 1.82) is 0 Å². The minimum atomic E-state index is -0.295. The number of likely N-dealkylation sites (tertiary alicyclic amines) is 1. The van der Waals surface area contributed by atoms with E-state index in [1.165, 1.54) is 0 Å². The average Bonchev–Trinajstić information content (AvgIpc) is 3.03. The molecule has 1 saturated carbocycles. The number of aliphatic hydroxyl groups excluding tert-OH is 1. The highest BCUT2D eigenvalue weighted by Crippen LogP contribution is 2.51. The SMILES string of the molecule is CCO[C@@H]1C[C@H](O)C12CCN(C(=O)c1ccc(CC)o1)CC2. The van der Waals surface area contributed by atoms with Crippen LogP contribution in [0.25, 0.3) is 0 Å². The fraction of sp³-hybridized carbons (Fsp3) is 0.706. The van der Waals surface area contributed by atoms with E-state index in [1.807, 2.05) is 24.8 Å². The molecule has 2 fully saturated rings. The van der Waals surface area contributed by atoms with E-state index in [2.05, 4.69) is 0 Å². The Hall–Kier alpha value is -1.33. The van der Waals surface area contributed by atoms with Gasteiger partial charge in [-0.2, -0.15) is 0 Å². The number of carbonyl (C=O) groups is 1. The molecule has 5 nitrogen and oxygen atoms in total. The molecule has 5 heteroatoms. The number of hydrogen-bond donors (Lipinski definition) is 1. The minimum Gasteiger partial charge on any atom is -0.456 e. The van der Waals surface area contributed by atoms with Gasteiger partial charge in [-0.3, -0.25) is 4.79 Å². The van der Waals surface area contributed by atoms with Gasteiger partial charge in [-0.15, -0.1) is 0 Å². The van der Waals surface area contributed by atoms with E-state index in [9.17, 15) is 9.90 Å². The second-order valence-electron chi connectivity index (χ2n) is 6.34. The Morgan fingerprint density at radius 1 is 1.41 bits per heavy atom. The molecule has 2 atom stereocenters. The number of furan rings is 1. The van der Waals surface area contributed by atoms with Crippen molar-refractivity contribution in [3.05, 3.63) is 23.7 Å². The van der Waals surface area contributed by atoms with Crippen molar-refractivity contribution < 1.29 is 19.1 Å². The van der Waals surface area contributed by atoms with Crippen LogP contribution in [0.2, 0.25) is 0 Å². The molecule has 122 valence electrons. The summed E-state index contributed by atoms with van der Waals surface area (Å²) in [5, 5.41) is 10.2. The summed E-state index contributed by atoms with van der Waals surface area (Å²) in [6.45, 7) is 5.97. The van der Waals surface area contributed by atoms with E-state index >= 15 is 0 Å². The zero-order chi connectivity index (χ0) is 15.7. The van der Waals surface area contributed by atoms with E-state index in [0.29, 0.717) is 25.5 Å². The summed E-state index contributed by atoms with van der Waals surface area (Å²) in [5.74, 6) is 1.21. The molecule has 1 amide bonds. The summed E-state index contributed by atoms with van der Waals surface area (Å²) < 4.78 is 11.3. The van der Waals surface area contributed by atoms with Crippen molar-refractivity contribution in [3.63, 3.8) is 0 Å². The first kappa shape index (κ1) is 15.6. The van der Waals surface area contributed by atoms with Crippen LogP contribution in [0.5, 0.6) is 0 Å². The lowest BCUT2D eigenvalue weighted by Crippen LogP contribution is -2.62. The van der Waals surface area contributed by atoms with E-state index in [0.717, 1.165) is 31.4 Å². The number of ether oxygens (including phenoxy) is 1. The molecule has 3 rings (SSSR count). The molecule has 0 bridgehead atoms. The third-order valence-electron chi connectivity index (χ3n) is 5.31. The van der Waals surface area contributed by atoms with Crippen molar-refractivity contribution in [2.45, 2.75) is 51.7 Å². The van der Waals surface area contributed by atoms with Crippen LogP contribution in [0.4, 0.5) is 0 Å². The summed E-state index contributed by atoms with van der Waals surface area (Å²) >= 11 is 0. The third kappa shape index (κ3) is 2.46. The van der Waals surface area contributed by atoms with Gasteiger partial charge < -0.3 is 19.2 Å². The van der Waals surface area contributed by atoms with Gasteiger partial charge >= 0.3 is 0 Å². The Balaban J connectivity index is 1.62. The van der Waals surface area contributed by atoms with Crippen LogP contribution in [0, 0.1) is 5.41 Å². The average molecular weight is 307 g/mol. The summed E-state index contributed by atoms with van der Waals surface area (Å²) in [4.78, 5) is 14.3. The van der Waals surface area contributed by atoms with Gasteiger partial charge in [-0.05, 0) is 31.9 Å². The minimum absolute atomic E-state index is 0.0451. The number of piperidine rings is 1. The van der Waals surface area contributed by atoms with Crippen LogP contribution < -0.4 is 0 Å². The number of amides is 1. The Morgan fingerprint density at radius 3 is 2.68 bits per heavy atom. The lowest BCUT2D eigenvalue weighted by Gasteiger charge is -2.56. The molecule has 0 aromatic carbocycles. The van der Waals surface area contributed by atoms with Gasteiger partial charge in [-0.25, -0.2) is 0 Å². The summed E-state index contributed by atoms with van der Waals surface area (Å²) in [5.41, 5.74) is -0.148. The molecule has 1 aliphatic heterocycles. The number of hydrogen-bond acceptors (Lipinski definition) is 4. The largest absolute Gasteiger partial charge is 0.456 e. The molecule has 1 spiro atoms. The smallest absolute Gasteiger partial charge is 0.289 e. The van der Waals surface area contributed by atoms with Crippen LogP contribution in [0.15, 0.2) is 16.5 Å². The lowest BCUT2D eigenvalue weighted by atomic mass is 9.58. The van der Waals surface area contributed by atoms with Crippen LogP contribution in [-0.4, -0.2) is 47.8 Å². The number of aryl methyl sites for hydroxylation is 1. The van der Waals surface area contributed by atoms with Crippen LogP contribution in [0.1, 0.15) is 49.4 Å². The number of carbonyl (C=O) groups excluding carboxylic acids is 1. The predicted octanol–water partition coefficient (Wildman–Crippen LogP) is 2.23. The maximum atomic E-state index is 12.5. The highest BCUT2D eigenvalue weighted by Gasteiger charge is 2.56. The van der Waals surface area contributed by atoms with Gasteiger partial charge in [0.05, 0.1) is 12.2 Å². The van der Waals surface area contributed by atoms with Crippen molar-refractivity contribution >= 4 is 5.91 Å². The highest BCUT2D eigenvalue weighted by molar-refractivity contribution is 5.91. The Kier molecular flexibility index (Phi) is 4.28. The van der Waals surface area contributed by atoms with Gasteiger partial charge in [0, 0.05) is 38.0 Å². The molecule has 2 heterocycles. The van der Waals surface area contributed by atoms with Crippen molar-refractivity contribution in [1.82, 2.24) is 4.90 Å². The maximum absolute atomic E-state index is 12.5. The highest BCUT2D eigenvalue weighted by atomic mass is 16.5. The fourth-order valence-corrected chi connectivity index (χ4v) is 3.78. The van der Waals surface area contributed by atoms with Gasteiger partial charge in [0.15, 0.2) is 5.76 Å². The number of nitrogens with zero attached hydrogens (tertiary/aromatic N) is 1. The van der Waals surface area contributed by atoms with Crippen molar-refractivity contribution in [3.8, 4) is 0 Å². The number of aliphatic hydroxyl groups is 1. The van der Waals surface area contributed by atoms with E-state index < -0.39 is 0 Å². The van der Waals surface area contributed by atoms with Gasteiger partial charge in [-0.1, -0.05) is 6.92 Å². The molecular weight excluding hydrogens is 282 g/mol. The fourth-order valence-electron chi connectivity index (χ4n) is 3.78. The predicted molar refractivity (Wildman–Crippen MR) is 81.7 cm³/mol. The van der Waals surface area contributed by atoms with E-state index in [-0.39, 0.29) is 23.5 Å². The summed E-state index contributed by atoms with van der Waals surface area (Å²) in [6.07, 6.45) is 2.95. The first-order valence-corrected chi connectivity index (χ1v) is 8.28. The zero-order valence-electron chi connectivity index (χ0n) is 13.4. The van der Waals surface area contributed by atoms with Crippen LogP contribution >= 0.6 is 0 Å². The Morgan fingerprint density at radius 2 is 2.14 bits per heavy atom. The van der Waals surface area contributed by atoms with Gasteiger partial charge in [0.25, 0.3) is 5.91 Å². The van der Waals surface area contributed by atoms with Gasteiger partial charge in [0.1, 0.15) is 5.76 Å². The quantitative estimate of drug-likeness (QED) is 0.926. The topological polar surface area (TPSA) is 62.9 Å². The molecular formula is C17H25NO4. The standard InChI is InChI=1S/C17H25NO4/c1-3-12-5-6-13(22-12)16(20)18-9-7-17(8-10-18)14(19)11-15(17)21-4-2/h5-6,14-15,19H,3-4,7-11H2,1-2H3/t14-,15+/m0/s1. The van der Waals surface area contributed by atoms with Crippen molar-refractivity contribution in [2.24, 2.45) is 5.41 Å². The molecule has 1 aliphatic carbocycles. The van der Waals surface area contributed by atoms with Crippen LogP contribution in [0.3, 0.4) is 0 Å². The van der Waals surface area contributed by atoms with Gasteiger partial charge in [0.2, 0.25) is 0 Å². The molecule has 1 N–H and O–H groups in total. The third-order valence-corrected chi connectivity index (χ3v) is 5.31. The monoisotopic (exact) mass is 307 g/mol. The first-order chi connectivity index (χ1) is 10.6. The summed E-state index contributed by atoms with van der Waals surface area (Å²) in [6, 6.07) is 3.62. The maximum Gasteiger partial charge on any atom is 0.289 e. The van der Waals surface area contributed by atoms with Crippen molar-refractivity contribution in [2.75, 3.05) is 19.7 Å². The summed E-state index contributed by atoms with van der Waals surface area (Å²) in [7, 11) is 0. The Labute approximate surface area is 131 Å². The zero-order valence-corrected chi connectivity index (χ0v) is 13.4. The second-order valence-corrected chi connectivity index (χ2v) is 6.34. The molecule has 22 heavy (non-hydrogen) atoms. The molecule has 1 saturated heterocycles. The molecule has 1 aromatic rings. The molecule has 1 aromatic heterocycles. The molecule has 0 unspecified atom stereocenters. The first-order valence-electron chi connectivity index (χ1n) is 8.28. The van der Waals surface area contributed by atoms with E-state index in [1.54, 1.807) is 6.07 Å². The Bertz CT molecular complexity index is 529. The normalized spacial score (nSPS) is 27.0. The number of rotatable bonds is 4. The second kappa shape index (κ2) is 6.05. The molecule has 2 aliphatic rings. The van der Waals surface area contributed by atoms with Crippen LogP contribution in [-0.2, 0) is 11.2 Å². The van der Waals surface area contributed by atoms with E-state index in [4.69, 9.17) is 9.15 Å². The lowest BCUT2D eigenvalue weighted by molar-refractivity contribution is -0.207.